The van der Waals surface area contributed by atoms with Gasteiger partial charge in [-0.05, 0) is 42.9 Å². The average Bonchev–Trinajstić information content (AvgIpc) is 2.55. The van der Waals surface area contributed by atoms with Crippen molar-refractivity contribution in [2.24, 2.45) is 10.9 Å². The van der Waals surface area contributed by atoms with Crippen molar-refractivity contribution in [2.45, 2.75) is 31.7 Å². The maximum atomic E-state index is 4.25. The topological polar surface area (TPSA) is 24.4 Å². The van der Waals surface area contributed by atoms with E-state index in [2.05, 4.69) is 16.4 Å². The minimum Gasteiger partial charge on any atom is -0.310 e. The van der Waals surface area contributed by atoms with Crippen molar-refractivity contribution >= 4 is 6.21 Å². The first kappa shape index (κ1) is 8.42. The van der Waals surface area contributed by atoms with E-state index < -0.39 is 0 Å². The number of rotatable bonds is 0. The van der Waals surface area contributed by atoms with E-state index in [1.807, 2.05) is 12.4 Å². The van der Waals surface area contributed by atoms with Gasteiger partial charge in [-0.15, -0.1) is 0 Å². The molecular formula is C12H16N2. The lowest BCUT2D eigenvalue weighted by Gasteiger charge is -2.30. The molecule has 2 aliphatic heterocycles. The molecular weight excluding hydrogens is 172 g/mol. The first-order valence-corrected chi connectivity index (χ1v) is 5.62. The summed E-state index contributed by atoms with van der Waals surface area (Å²) >= 11 is 0. The predicted molar refractivity (Wildman–Crippen MR) is 58.4 cm³/mol. The maximum absolute atomic E-state index is 4.25. The van der Waals surface area contributed by atoms with Gasteiger partial charge in [-0.2, -0.15) is 0 Å². The summed E-state index contributed by atoms with van der Waals surface area (Å²) in [6, 6.07) is 0.583. The molecule has 3 rings (SSSR count). The normalized spacial score (nSPS) is 35.4. The van der Waals surface area contributed by atoms with Crippen molar-refractivity contribution in [3.8, 4) is 0 Å². The van der Waals surface area contributed by atoms with Crippen LogP contribution >= 0.6 is 0 Å². The van der Waals surface area contributed by atoms with E-state index in [0.717, 1.165) is 5.92 Å². The van der Waals surface area contributed by atoms with Gasteiger partial charge in [-0.3, -0.25) is 4.99 Å². The van der Waals surface area contributed by atoms with Crippen molar-refractivity contribution in [1.29, 1.82) is 0 Å². The summed E-state index contributed by atoms with van der Waals surface area (Å²) < 4.78 is 0. The first-order chi connectivity index (χ1) is 6.95. The van der Waals surface area contributed by atoms with Crippen molar-refractivity contribution in [3.63, 3.8) is 0 Å². The van der Waals surface area contributed by atoms with Crippen LogP contribution in [0.2, 0.25) is 0 Å². The van der Waals surface area contributed by atoms with Crippen molar-refractivity contribution in [3.05, 3.63) is 23.4 Å². The molecule has 1 N–H and O–H groups in total. The predicted octanol–water partition coefficient (Wildman–Crippen LogP) is 2.04. The van der Waals surface area contributed by atoms with E-state index in [1.54, 1.807) is 0 Å². The van der Waals surface area contributed by atoms with Crippen LogP contribution in [0.1, 0.15) is 25.7 Å². The summed E-state index contributed by atoms with van der Waals surface area (Å²) in [5, 5.41) is 3.67. The molecule has 0 spiro atoms. The Kier molecular flexibility index (Phi) is 2.02. The van der Waals surface area contributed by atoms with Gasteiger partial charge in [-0.1, -0.05) is 12.5 Å². The Balaban J connectivity index is 1.91. The summed E-state index contributed by atoms with van der Waals surface area (Å²) in [6.07, 6.45) is 11.7. The Hall–Kier alpha value is -0.890. The standard InChI is InChI=1S/C12H16N2/c1-2-6-14-12-9(3-1)4-5-10-7-13-8-11(10)12/h5,7-9,12,14H,1-4,6H2/t9-,12+/m1/s1. The largest absolute Gasteiger partial charge is 0.310 e. The molecule has 2 nitrogen and oxygen atoms in total. The molecule has 2 heteroatoms. The van der Waals surface area contributed by atoms with Crippen LogP contribution in [-0.2, 0) is 0 Å². The van der Waals surface area contributed by atoms with Crippen LogP contribution in [0.15, 0.2) is 28.4 Å². The molecule has 2 heterocycles. The zero-order chi connectivity index (χ0) is 9.38. The van der Waals surface area contributed by atoms with E-state index in [0.29, 0.717) is 6.04 Å². The molecule has 0 aromatic rings. The molecule has 0 bridgehead atoms. The molecule has 2 atom stereocenters. The number of nitrogens with zero attached hydrogens (tertiary/aromatic N) is 1. The van der Waals surface area contributed by atoms with Crippen LogP contribution in [0.3, 0.4) is 0 Å². The van der Waals surface area contributed by atoms with Gasteiger partial charge in [0, 0.05) is 18.5 Å². The Morgan fingerprint density at radius 1 is 1.36 bits per heavy atom. The van der Waals surface area contributed by atoms with Gasteiger partial charge in [0.1, 0.15) is 0 Å². The van der Waals surface area contributed by atoms with Crippen molar-refractivity contribution in [2.75, 3.05) is 6.54 Å². The van der Waals surface area contributed by atoms with Gasteiger partial charge in [0.25, 0.3) is 0 Å². The quantitative estimate of drug-likeness (QED) is 0.618. The van der Waals surface area contributed by atoms with Gasteiger partial charge in [0.05, 0.1) is 0 Å². The number of hydrogen-bond acceptors (Lipinski definition) is 2. The number of allylic oxidation sites excluding steroid dienone is 1. The van der Waals surface area contributed by atoms with E-state index >= 15 is 0 Å². The van der Waals surface area contributed by atoms with E-state index in [4.69, 9.17) is 0 Å². The van der Waals surface area contributed by atoms with Gasteiger partial charge in [0.2, 0.25) is 0 Å². The molecule has 1 aliphatic carbocycles. The third-order valence-corrected chi connectivity index (χ3v) is 3.57. The molecule has 3 aliphatic rings. The van der Waals surface area contributed by atoms with E-state index in [9.17, 15) is 0 Å². The van der Waals surface area contributed by atoms with E-state index in [-0.39, 0.29) is 0 Å². The average molecular weight is 188 g/mol. The Morgan fingerprint density at radius 3 is 3.36 bits per heavy atom. The second-order valence-electron chi connectivity index (χ2n) is 4.45. The van der Waals surface area contributed by atoms with Crippen LogP contribution < -0.4 is 5.32 Å². The summed E-state index contributed by atoms with van der Waals surface area (Å²) in [5.74, 6) is 0.814. The summed E-state index contributed by atoms with van der Waals surface area (Å²) in [4.78, 5) is 4.25. The second-order valence-corrected chi connectivity index (χ2v) is 4.45. The summed E-state index contributed by atoms with van der Waals surface area (Å²) in [7, 11) is 0. The highest BCUT2D eigenvalue weighted by Gasteiger charge is 2.31. The third-order valence-electron chi connectivity index (χ3n) is 3.57. The van der Waals surface area contributed by atoms with Crippen LogP contribution in [0.5, 0.6) is 0 Å². The number of nitrogens with one attached hydrogen (secondary N) is 1. The second kappa shape index (κ2) is 3.35. The van der Waals surface area contributed by atoms with E-state index in [1.165, 1.54) is 43.4 Å². The molecule has 0 aromatic carbocycles. The smallest absolute Gasteiger partial charge is 0.0373 e. The molecule has 0 unspecified atom stereocenters. The molecule has 0 saturated carbocycles. The van der Waals surface area contributed by atoms with Gasteiger partial charge in [-0.25, -0.2) is 0 Å². The highest BCUT2D eigenvalue weighted by molar-refractivity contribution is 5.89. The molecule has 14 heavy (non-hydrogen) atoms. The molecule has 1 fully saturated rings. The van der Waals surface area contributed by atoms with Gasteiger partial charge < -0.3 is 5.32 Å². The fraction of sp³-hybridized carbons (Fsp3) is 0.583. The molecule has 74 valence electrons. The van der Waals surface area contributed by atoms with Crippen LogP contribution in [-0.4, -0.2) is 18.8 Å². The zero-order valence-corrected chi connectivity index (χ0v) is 8.37. The molecule has 1 saturated heterocycles. The minimum atomic E-state index is 0.583. The fourth-order valence-electron chi connectivity index (χ4n) is 2.80. The van der Waals surface area contributed by atoms with Crippen molar-refractivity contribution in [1.82, 2.24) is 5.32 Å². The fourth-order valence-corrected chi connectivity index (χ4v) is 2.80. The zero-order valence-electron chi connectivity index (χ0n) is 8.37. The number of fused-ring (bicyclic) bond motifs is 3. The number of hydrogen-bond donors (Lipinski definition) is 1. The maximum Gasteiger partial charge on any atom is 0.0373 e. The lowest BCUT2D eigenvalue weighted by atomic mass is 9.80. The van der Waals surface area contributed by atoms with Gasteiger partial charge in [0.15, 0.2) is 0 Å². The Labute approximate surface area is 84.8 Å². The minimum absolute atomic E-state index is 0.583. The summed E-state index contributed by atoms with van der Waals surface area (Å²) in [5.41, 5.74) is 2.80. The highest BCUT2D eigenvalue weighted by atomic mass is 14.9. The monoisotopic (exact) mass is 188 g/mol. The molecule has 0 aromatic heterocycles. The summed E-state index contributed by atoms with van der Waals surface area (Å²) in [6.45, 7) is 1.17. The third kappa shape index (κ3) is 1.25. The Morgan fingerprint density at radius 2 is 2.36 bits per heavy atom. The lowest BCUT2D eigenvalue weighted by molar-refractivity contribution is 0.397. The highest BCUT2D eigenvalue weighted by Crippen LogP contribution is 2.34. The molecule has 0 radical (unpaired) electrons. The van der Waals surface area contributed by atoms with Crippen LogP contribution in [0.25, 0.3) is 0 Å². The molecule has 0 amide bonds. The Bertz CT molecular complexity index is 325. The van der Waals surface area contributed by atoms with Crippen molar-refractivity contribution < 1.29 is 0 Å². The van der Waals surface area contributed by atoms with Crippen LogP contribution in [0, 0.1) is 5.92 Å². The SMILES string of the molecule is C1=NC=C2C1=CC[C@H]1CCCCN[C@H]21. The van der Waals surface area contributed by atoms with Crippen LogP contribution in [0.4, 0.5) is 0 Å². The number of aliphatic imine (C=N–C) groups is 1. The lowest BCUT2D eigenvalue weighted by Crippen LogP contribution is -2.38. The van der Waals surface area contributed by atoms with Gasteiger partial charge >= 0.3 is 0 Å². The first-order valence-electron chi connectivity index (χ1n) is 5.62.